The van der Waals surface area contributed by atoms with Crippen molar-refractivity contribution in [1.82, 2.24) is 4.90 Å². The summed E-state index contributed by atoms with van der Waals surface area (Å²) in [5.74, 6) is 2.78. The predicted molar refractivity (Wildman–Crippen MR) is 124 cm³/mol. The van der Waals surface area contributed by atoms with E-state index in [2.05, 4.69) is 47.4 Å². The van der Waals surface area contributed by atoms with Gasteiger partial charge in [0.05, 0.1) is 14.2 Å². The van der Waals surface area contributed by atoms with Crippen molar-refractivity contribution in [3.63, 3.8) is 0 Å². The molecule has 1 heterocycles. The smallest absolute Gasteiger partial charge is 0.119 e. The number of ether oxygens (including phenoxy) is 2. The van der Waals surface area contributed by atoms with Gasteiger partial charge in [0.25, 0.3) is 0 Å². The first kappa shape index (κ1) is 21.5. The molecule has 3 atom stereocenters. The van der Waals surface area contributed by atoms with Crippen LogP contribution in [0.25, 0.3) is 0 Å². The van der Waals surface area contributed by atoms with E-state index < -0.39 is 0 Å². The van der Waals surface area contributed by atoms with Crippen molar-refractivity contribution >= 4 is 12.4 Å². The third kappa shape index (κ3) is 3.61. The highest BCUT2D eigenvalue weighted by molar-refractivity contribution is 5.85. The van der Waals surface area contributed by atoms with E-state index in [1.165, 1.54) is 50.6 Å². The molecule has 0 aromatic heterocycles. The zero-order valence-corrected chi connectivity index (χ0v) is 19.0. The van der Waals surface area contributed by atoms with Gasteiger partial charge in [-0.2, -0.15) is 0 Å². The van der Waals surface area contributed by atoms with E-state index in [0.717, 1.165) is 30.4 Å². The second-order valence-electron chi connectivity index (χ2n) is 9.19. The summed E-state index contributed by atoms with van der Waals surface area (Å²) in [5, 5.41) is 0. The first-order valence-corrected chi connectivity index (χ1v) is 11.3. The van der Waals surface area contributed by atoms with Crippen molar-refractivity contribution in [2.45, 2.75) is 56.4 Å². The molecule has 0 unspecified atom stereocenters. The van der Waals surface area contributed by atoms with Crippen molar-refractivity contribution in [1.29, 1.82) is 0 Å². The Labute approximate surface area is 187 Å². The number of likely N-dealkylation sites (tertiary alicyclic amines) is 1. The van der Waals surface area contributed by atoms with Crippen LogP contribution in [0, 0.1) is 5.92 Å². The van der Waals surface area contributed by atoms with E-state index in [1.807, 2.05) is 0 Å². The number of benzene rings is 2. The monoisotopic (exact) mass is 427 g/mol. The summed E-state index contributed by atoms with van der Waals surface area (Å²) in [6.45, 7) is 2.39. The SMILES string of the molecule is COc1ccc(CCN2CC[C@]34CCCC[C@H]3[C@@H]2Cc2ccc(OC)cc24)cc1.Cl. The topological polar surface area (TPSA) is 21.7 Å². The van der Waals surface area contributed by atoms with E-state index in [0.29, 0.717) is 11.5 Å². The molecule has 0 radical (unpaired) electrons. The van der Waals surface area contributed by atoms with E-state index in [9.17, 15) is 0 Å². The molecule has 4 heteroatoms. The summed E-state index contributed by atoms with van der Waals surface area (Å²) in [5.41, 5.74) is 4.99. The van der Waals surface area contributed by atoms with Crippen LogP contribution in [-0.2, 0) is 18.3 Å². The summed E-state index contributed by atoms with van der Waals surface area (Å²) >= 11 is 0. The van der Waals surface area contributed by atoms with Gasteiger partial charge in [0.15, 0.2) is 0 Å². The van der Waals surface area contributed by atoms with E-state index in [-0.39, 0.29) is 12.4 Å². The highest BCUT2D eigenvalue weighted by Crippen LogP contribution is 2.56. The van der Waals surface area contributed by atoms with E-state index in [4.69, 9.17) is 9.47 Å². The summed E-state index contributed by atoms with van der Waals surface area (Å²) in [6.07, 6.45) is 9.16. The molecule has 0 spiro atoms. The minimum absolute atomic E-state index is 0. The van der Waals surface area contributed by atoms with Gasteiger partial charge in [-0.3, -0.25) is 4.90 Å². The third-order valence-electron chi connectivity index (χ3n) is 8.01. The van der Waals surface area contributed by atoms with Crippen molar-refractivity contribution in [3.05, 3.63) is 59.2 Å². The number of fused-ring (bicyclic) bond motifs is 1. The molecule has 0 amide bonds. The molecular formula is C26H34ClNO2. The first-order valence-electron chi connectivity index (χ1n) is 11.3. The van der Waals surface area contributed by atoms with Crippen LogP contribution in [0.5, 0.6) is 11.5 Å². The highest BCUT2D eigenvalue weighted by atomic mass is 35.5. The molecule has 1 aliphatic heterocycles. The first-order chi connectivity index (χ1) is 14.2. The lowest BCUT2D eigenvalue weighted by molar-refractivity contribution is -0.0106. The molecule has 2 aromatic carbocycles. The maximum atomic E-state index is 5.60. The number of nitrogens with zero attached hydrogens (tertiary/aromatic N) is 1. The molecule has 2 fully saturated rings. The van der Waals surface area contributed by atoms with Gasteiger partial charge < -0.3 is 9.47 Å². The Morgan fingerprint density at radius 3 is 2.50 bits per heavy atom. The number of rotatable bonds is 5. The van der Waals surface area contributed by atoms with E-state index in [1.54, 1.807) is 25.3 Å². The van der Waals surface area contributed by atoms with Gasteiger partial charge in [-0.15, -0.1) is 12.4 Å². The molecule has 1 saturated heterocycles. The summed E-state index contributed by atoms with van der Waals surface area (Å²) in [7, 11) is 3.53. The average molecular weight is 428 g/mol. The standard InChI is InChI=1S/C26H33NO2.ClH/c1-28-21-9-6-19(7-10-21)12-15-27-16-14-26-13-4-3-5-23(26)25(27)17-20-8-11-22(29-2)18-24(20)26;/h6-11,18,23,25H,3-5,12-17H2,1-2H3;1H/t23-,25-,26+;/m0./s1. The number of methoxy groups -OCH3 is 2. The Kier molecular flexibility index (Phi) is 6.31. The minimum atomic E-state index is 0. The summed E-state index contributed by atoms with van der Waals surface area (Å²) in [4.78, 5) is 2.81. The average Bonchev–Trinajstić information content (AvgIpc) is 2.78. The molecule has 1 saturated carbocycles. The highest BCUT2D eigenvalue weighted by Gasteiger charge is 2.53. The van der Waals surface area contributed by atoms with Gasteiger partial charge in [-0.05, 0) is 85.5 Å². The quantitative estimate of drug-likeness (QED) is 0.635. The van der Waals surface area contributed by atoms with Gasteiger partial charge in [-0.25, -0.2) is 0 Å². The largest absolute Gasteiger partial charge is 0.497 e. The summed E-state index contributed by atoms with van der Waals surface area (Å²) in [6, 6.07) is 16.2. The maximum absolute atomic E-state index is 5.60. The molecule has 162 valence electrons. The Morgan fingerprint density at radius 2 is 1.73 bits per heavy atom. The van der Waals surface area contributed by atoms with Crippen LogP contribution in [-0.4, -0.2) is 38.3 Å². The number of hydrogen-bond acceptors (Lipinski definition) is 3. The van der Waals surface area contributed by atoms with E-state index >= 15 is 0 Å². The van der Waals surface area contributed by atoms with Crippen LogP contribution >= 0.6 is 12.4 Å². The Bertz CT molecular complexity index is 868. The second kappa shape index (κ2) is 8.80. The number of hydrogen-bond donors (Lipinski definition) is 0. The second-order valence-corrected chi connectivity index (χ2v) is 9.19. The minimum Gasteiger partial charge on any atom is -0.497 e. The molecular weight excluding hydrogens is 394 g/mol. The van der Waals surface area contributed by atoms with Crippen LogP contribution in [0.1, 0.15) is 48.8 Å². The van der Waals surface area contributed by atoms with Gasteiger partial charge >= 0.3 is 0 Å². The van der Waals surface area contributed by atoms with Crippen molar-refractivity contribution in [2.24, 2.45) is 5.92 Å². The fourth-order valence-corrected chi connectivity index (χ4v) is 6.53. The van der Waals surface area contributed by atoms with Gasteiger partial charge in [0.1, 0.15) is 11.5 Å². The van der Waals surface area contributed by atoms with Crippen LogP contribution in [0.4, 0.5) is 0 Å². The third-order valence-corrected chi connectivity index (χ3v) is 8.01. The van der Waals surface area contributed by atoms with Gasteiger partial charge in [0, 0.05) is 18.0 Å². The van der Waals surface area contributed by atoms with Crippen LogP contribution < -0.4 is 9.47 Å². The zero-order valence-electron chi connectivity index (χ0n) is 18.2. The van der Waals surface area contributed by atoms with Crippen molar-refractivity contribution in [2.75, 3.05) is 27.3 Å². The fourth-order valence-electron chi connectivity index (χ4n) is 6.53. The van der Waals surface area contributed by atoms with Gasteiger partial charge in [0.2, 0.25) is 0 Å². The van der Waals surface area contributed by atoms with Crippen LogP contribution in [0.15, 0.2) is 42.5 Å². The lowest BCUT2D eigenvalue weighted by Gasteiger charge is -2.59. The molecule has 3 aliphatic rings. The maximum Gasteiger partial charge on any atom is 0.119 e. The molecule has 2 bridgehead atoms. The summed E-state index contributed by atoms with van der Waals surface area (Å²) < 4.78 is 10.9. The molecule has 5 rings (SSSR count). The Hall–Kier alpha value is -1.71. The van der Waals surface area contributed by atoms with Crippen molar-refractivity contribution < 1.29 is 9.47 Å². The van der Waals surface area contributed by atoms with Crippen molar-refractivity contribution in [3.8, 4) is 11.5 Å². The fraction of sp³-hybridized carbons (Fsp3) is 0.538. The molecule has 2 aromatic rings. The number of piperidine rings is 1. The molecule has 30 heavy (non-hydrogen) atoms. The molecule has 0 N–H and O–H groups in total. The molecule has 2 aliphatic carbocycles. The normalized spacial score (nSPS) is 27.4. The van der Waals surface area contributed by atoms with Gasteiger partial charge in [-0.1, -0.05) is 31.0 Å². The van der Waals surface area contributed by atoms with Crippen LogP contribution in [0.3, 0.4) is 0 Å². The number of halogens is 1. The Morgan fingerprint density at radius 1 is 0.967 bits per heavy atom. The predicted octanol–water partition coefficient (Wildman–Crippen LogP) is 5.43. The lowest BCUT2D eigenvalue weighted by atomic mass is 9.52. The molecule has 3 nitrogen and oxygen atoms in total. The lowest BCUT2D eigenvalue weighted by Crippen LogP contribution is -2.61. The Balaban J connectivity index is 0.00000218. The van der Waals surface area contributed by atoms with Crippen LogP contribution in [0.2, 0.25) is 0 Å². The zero-order chi connectivity index (χ0) is 19.8.